The second kappa shape index (κ2) is 6.93. The third kappa shape index (κ3) is 3.75. The molecule has 0 aliphatic carbocycles. The molecule has 0 unspecified atom stereocenters. The fourth-order valence-electron chi connectivity index (χ4n) is 2.64. The number of carbonyl (C=O) groups is 1. The minimum atomic E-state index is -0.253. The molecular formula is C17H20N4O. The summed E-state index contributed by atoms with van der Waals surface area (Å²) in [5, 5.41) is 5.60. The number of pyridine rings is 1. The smallest absolute Gasteiger partial charge is 0.323 e. The van der Waals surface area contributed by atoms with Crippen molar-refractivity contribution < 1.29 is 4.79 Å². The first-order valence-corrected chi connectivity index (χ1v) is 7.64. The molecule has 1 aromatic carbocycles. The molecule has 1 aromatic heterocycles. The van der Waals surface area contributed by atoms with Crippen LogP contribution in [0.2, 0.25) is 0 Å². The highest BCUT2D eigenvalue weighted by Gasteiger charge is 2.10. The van der Waals surface area contributed by atoms with Crippen molar-refractivity contribution in [1.29, 1.82) is 0 Å². The Morgan fingerprint density at radius 1 is 0.864 bits per heavy atom. The van der Waals surface area contributed by atoms with Crippen LogP contribution in [0.3, 0.4) is 0 Å². The summed E-state index contributed by atoms with van der Waals surface area (Å²) in [6.07, 6.45) is 7.13. The maximum atomic E-state index is 11.9. The van der Waals surface area contributed by atoms with Crippen molar-refractivity contribution in [3.63, 3.8) is 0 Å². The lowest BCUT2D eigenvalue weighted by Gasteiger charge is -2.28. The van der Waals surface area contributed by atoms with Crippen LogP contribution in [-0.2, 0) is 0 Å². The highest BCUT2D eigenvalue weighted by atomic mass is 16.2. The van der Waals surface area contributed by atoms with Gasteiger partial charge in [0.25, 0.3) is 0 Å². The Hall–Kier alpha value is -2.56. The molecule has 0 radical (unpaired) electrons. The molecular weight excluding hydrogens is 276 g/mol. The van der Waals surface area contributed by atoms with E-state index in [1.165, 1.54) is 24.9 Å². The number of rotatable bonds is 3. The number of hydrogen-bond donors (Lipinski definition) is 2. The molecule has 0 saturated carbocycles. The first kappa shape index (κ1) is 14.4. The van der Waals surface area contributed by atoms with E-state index in [9.17, 15) is 4.79 Å². The highest BCUT2D eigenvalue weighted by molar-refractivity contribution is 5.99. The van der Waals surface area contributed by atoms with Crippen LogP contribution in [0.25, 0.3) is 0 Å². The number of piperidine rings is 1. The van der Waals surface area contributed by atoms with Crippen LogP contribution in [0.4, 0.5) is 21.9 Å². The van der Waals surface area contributed by atoms with Crippen molar-refractivity contribution in [2.24, 2.45) is 0 Å². The molecule has 1 aliphatic heterocycles. The zero-order chi connectivity index (χ0) is 15.2. The van der Waals surface area contributed by atoms with Crippen molar-refractivity contribution in [2.75, 3.05) is 28.6 Å². The normalized spacial score (nSPS) is 14.5. The number of benzene rings is 1. The van der Waals surface area contributed by atoms with E-state index in [4.69, 9.17) is 0 Å². The zero-order valence-electron chi connectivity index (χ0n) is 12.5. The van der Waals surface area contributed by atoms with Gasteiger partial charge in [0.05, 0.1) is 0 Å². The van der Waals surface area contributed by atoms with Gasteiger partial charge in [-0.25, -0.2) is 4.79 Å². The summed E-state index contributed by atoms with van der Waals surface area (Å²) < 4.78 is 0. The Morgan fingerprint density at radius 2 is 1.45 bits per heavy atom. The second-order valence-electron chi connectivity index (χ2n) is 5.41. The number of amides is 2. The van der Waals surface area contributed by atoms with Crippen molar-refractivity contribution in [2.45, 2.75) is 19.3 Å². The molecule has 2 aromatic rings. The summed E-state index contributed by atoms with van der Waals surface area (Å²) in [6.45, 7) is 2.24. The lowest BCUT2D eigenvalue weighted by atomic mass is 10.1. The number of anilines is 3. The minimum absolute atomic E-state index is 0.253. The van der Waals surface area contributed by atoms with Crippen molar-refractivity contribution in [3.8, 4) is 0 Å². The molecule has 3 rings (SSSR count). The van der Waals surface area contributed by atoms with E-state index >= 15 is 0 Å². The Balaban J connectivity index is 1.57. The standard InChI is InChI=1S/C17H20N4O/c22-17(20-15-8-10-18-11-9-15)19-14-4-6-16(7-5-14)21-12-2-1-3-13-21/h4-11H,1-3,12-13H2,(H2,18,19,20,22). The monoisotopic (exact) mass is 296 g/mol. The fraction of sp³-hybridized carbons (Fsp3) is 0.294. The molecule has 1 fully saturated rings. The van der Waals surface area contributed by atoms with E-state index in [1.54, 1.807) is 24.5 Å². The van der Waals surface area contributed by atoms with Gasteiger partial charge in [-0.1, -0.05) is 0 Å². The number of nitrogens with one attached hydrogen (secondary N) is 2. The molecule has 0 atom stereocenters. The third-order valence-electron chi connectivity index (χ3n) is 3.78. The third-order valence-corrected chi connectivity index (χ3v) is 3.78. The number of aromatic nitrogens is 1. The van der Waals surface area contributed by atoms with Crippen LogP contribution in [0, 0.1) is 0 Å². The number of nitrogens with zero attached hydrogens (tertiary/aromatic N) is 2. The zero-order valence-corrected chi connectivity index (χ0v) is 12.5. The molecule has 2 amide bonds. The lowest BCUT2D eigenvalue weighted by Crippen LogP contribution is -2.29. The van der Waals surface area contributed by atoms with Gasteiger partial charge in [0, 0.05) is 42.5 Å². The van der Waals surface area contributed by atoms with Gasteiger partial charge < -0.3 is 15.5 Å². The van der Waals surface area contributed by atoms with Gasteiger partial charge in [-0.05, 0) is 55.7 Å². The average Bonchev–Trinajstić information content (AvgIpc) is 2.57. The van der Waals surface area contributed by atoms with E-state index in [0.29, 0.717) is 0 Å². The largest absolute Gasteiger partial charge is 0.372 e. The van der Waals surface area contributed by atoms with Gasteiger partial charge >= 0.3 is 6.03 Å². The van der Waals surface area contributed by atoms with Crippen molar-refractivity contribution in [3.05, 3.63) is 48.8 Å². The Labute approximate surface area is 130 Å². The topological polar surface area (TPSA) is 57.3 Å². The molecule has 0 bridgehead atoms. The van der Waals surface area contributed by atoms with Gasteiger partial charge in [-0.3, -0.25) is 4.98 Å². The predicted octanol–water partition coefficient (Wildman–Crippen LogP) is 3.72. The lowest BCUT2D eigenvalue weighted by molar-refractivity contribution is 0.262. The summed E-state index contributed by atoms with van der Waals surface area (Å²) in [5.41, 5.74) is 2.73. The molecule has 0 spiro atoms. The Morgan fingerprint density at radius 3 is 2.09 bits per heavy atom. The molecule has 1 saturated heterocycles. The molecule has 5 nitrogen and oxygen atoms in total. The fourth-order valence-corrected chi connectivity index (χ4v) is 2.64. The number of carbonyl (C=O) groups excluding carboxylic acids is 1. The van der Waals surface area contributed by atoms with Gasteiger partial charge in [0.1, 0.15) is 0 Å². The number of urea groups is 1. The van der Waals surface area contributed by atoms with E-state index in [2.05, 4.69) is 32.7 Å². The van der Waals surface area contributed by atoms with Crippen molar-refractivity contribution in [1.82, 2.24) is 4.98 Å². The molecule has 1 aliphatic rings. The van der Waals surface area contributed by atoms with E-state index in [1.807, 2.05) is 12.1 Å². The van der Waals surface area contributed by atoms with Gasteiger partial charge in [-0.2, -0.15) is 0 Å². The molecule has 2 N–H and O–H groups in total. The van der Waals surface area contributed by atoms with Crippen LogP contribution in [0.1, 0.15) is 19.3 Å². The second-order valence-corrected chi connectivity index (χ2v) is 5.41. The first-order chi connectivity index (χ1) is 10.8. The minimum Gasteiger partial charge on any atom is -0.372 e. The van der Waals surface area contributed by atoms with E-state index in [0.717, 1.165) is 24.5 Å². The quantitative estimate of drug-likeness (QED) is 0.907. The van der Waals surface area contributed by atoms with Crippen LogP contribution >= 0.6 is 0 Å². The molecule has 22 heavy (non-hydrogen) atoms. The summed E-state index contributed by atoms with van der Waals surface area (Å²) in [5.74, 6) is 0. The Kier molecular flexibility index (Phi) is 4.53. The van der Waals surface area contributed by atoms with Crippen LogP contribution in [0.15, 0.2) is 48.8 Å². The summed E-state index contributed by atoms with van der Waals surface area (Å²) in [6, 6.07) is 11.3. The molecule has 114 valence electrons. The van der Waals surface area contributed by atoms with Gasteiger partial charge in [-0.15, -0.1) is 0 Å². The van der Waals surface area contributed by atoms with Gasteiger partial charge in [0.15, 0.2) is 0 Å². The number of hydrogen-bond acceptors (Lipinski definition) is 3. The molecule has 5 heteroatoms. The summed E-state index contributed by atoms with van der Waals surface area (Å²) in [7, 11) is 0. The summed E-state index contributed by atoms with van der Waals surface area (Å²) in [4.78, 5) is 18.2. The van der Waals surface area contributed by atoms with E-state index < -0.39 is 0 Å². The maximum Gasteiger partial charge on any atom is 0.323 e. The SMILES string of the molecule is O=C(Nc1ccncc1)Nc1ccc(N2CCCCC2)cc1. The Bertz CT molecular complexity index is 606. The maximum absolute atomic E-state index is 11.9. The highest BCUT2D eigenvalue weighted by Crippen LogP contribution is 2.21. The summed E-state index contributed by atoms with van der Waals surface area (Å²) >= 11 is 0. The molecule has 2 heterocycles. The first-order valence-electron chi connectivity index (χ1n) is 7.64. The van der Waals surface area contributed by atoms with Crippen LogP contribution in [0.5, 0.6) is 0 Å². The van der Waals surface area contributed by atoms with E-state index in [-0.39, 0.29) is 6.03 Å². The average molecular weight is 296 g/mol. The van der Waals surface area contributed by atoms with Crippen LogP contribution < -0.4 is 15.5 Å². The van der Waals surface area contributed by atoms with Crippen LogP contribution in [-0.4, -0.2) is 24.1 Å². The van der Waals surface area contributed by atoms with Crippen molar-refractivity contribution >= 4 is 23.1 Å². The predicted molar refractivity (Wildman–Crippen MR) is 89.4 cm³/mol. The van der Waals surface area contributed by atoms with Gasteiger partial charge in [0.2, 0.25) is 0 Å².